The summed E-state index contributed by atoms with van der Waals surface area (Å²) in [6.07, 6.45) is 12.1. The van der Waals surface area contributed by atoms with Gasteiger partial charge < -0.3 is 1.43 Å². The van der Waals surface area contributed by atoms with Crippen molar-refractivity contribution < 1.29 is 43.6 Å². The second-order valence-electron chi connectivity index (χ2n) is 4.85. The van der Waals surface area contributed by atoms with Crippen LogP contribution in [-0.4, -0.2) is 20.8 Å². The van der Waals surface area contributed by atoms with Crippen LogP contribution in [0.25, 0.3) is 0 Å². The van der Waals surface area contributed by atoms with Gasteiger partial charge in [-0.1, -0.05) is 64.7 Å². The van der Waals surface area contributed by atoms with Gasteiger partial charge in [0.25, 0.3) is 10.1 Å². The Kier molecular flexibility index (Phi) is 17.9. The molecule has 0 aromatic carbocycles. The maximum atomic E-state index is 11.2. The van der Waals surface area contributed by atoms with E-state index in [1.54, 1.807) is 6.92 Å². The fourth-order valence-electron chi connectivity index (χ4n) is 2.00. The van der Waals surface area contributed by atoms with Crippen molar-refractivity contribution in [1.29, 1.82) is 0 Å². The maximum absolute atomic E-state index is 11.2. The normalized spacial score (nSPS) is 11.3. The van der Waals surface area contributed by atoms with E-state index in [4.69, 9.17) is 0 Å². The van der Waals surface area contributed by atoms with E-state index in [-0.39, 0.29) is 43.3 Å². The van der Waals surface area contributed by atoms with E-state index in [9.17, 15) is 8.42 Å². The minimum absolute atomic E-state index is 0. The van der Waals surface area contributed by atoms with Gasteiger partial charge in [0.15, 0.2) is 0 Å². The third kappa shape index (κ3) is 16.9. The second kappa shape index (κ2) is 15.3. The van der Waals surface area contributed by atoms with Crippen LogP contribution in [0.3, 0.4) is 0 Å². The molecule has 112 valence electrons. The summed E-state index contributed by atoms with van der Waals surface area (Å²) in [6.45, 7) is 4.19. The minimum atomic E-state index is -3.24. The molecule has 0 unspecified atom stereocenters. The first-order chi connectivity index (χ1) is 8.62. The Morgan fingerprint density at radius 3 is 1.63 bits per heavy atom. The second-order valence-corrected chi connectivity index (χ2v) is 6.61. The number of unbranched alkanes of at least 4 members (excludes halogenated alkanes) is 9. The molecule has 0 radical (unpaired) electrons. The maximum Gasteiger partial charge on any atom is 1.00 e. The summed E-state index contributed by atoms with van der Waals surface area (Å²) in [5.74, 6) is 0.178. The molecule has 0 fully saturated rings. The Morgan fingerprint density at radius 1 is 0.789 bits per heavy atom. The quantitative estimate of drug-likeness (QED) is 0.293. The first-order valence-corrected chi connectivity index (χ1v) is 9.07. The molecule has 0 aliphatic rings. The van der Waals surface area contributed by atoms with Crippen LogP contribution < -0.4 is 29.6 Å². The van der Waals surface area contributed by atoms with Gasteiger partial charge in [0.2, 0.25) is 0 Å². The van der Waals surface area contributed by atoms with Gasteiger partial charge in [0.05, 0.1) is 12.4 Å². The summed E-state index contributed by atoms with van der Waals surface area (Å²) in [5, 5.41) is 0. The number of rotatable bonds is 13. The number of hydrogen-bond donors (Lipinski definition) is 0. The molecule has 0 aliphatic carbocycles. The molecule has 19 heavy (non-hydrogen) atoms. The van der Waals surface area contributed by atoms with Gasteiger partial charge in [-0.25, -0.2) is 0 Å². The zero-order valence-electron chi connectivity index (χ0n) is 14.1. The zero-order valence-corrected chi connectivity index (χ0v) is 15.9. The molecule has 0 aromatic heterocycles. The Hall–Kier alpha value is 0.910. The van der Waals surface area contributed by atoms with Gasteiger partial charge in [-0.15, -0.1) is 0 Å². The smallest absolute Gasteiger partial charge is 1.00 e. The molecule has 0 bridgehead atoms. The molecule has 3 nitrogen and oxygen atoms in total. The summed E-state index contributed by atoms with van der Waals surface area (Å²) in [5.41, 5.74) is 0. The fraction of sp³-hybridized carbons (Fsp3) is 1.00. The molecule has 0 saturated carbocycles. The summed E-state index contributed by atoms with van der Waals surface area (Å²) >= 11 is 0. The Bertz CT molecular complexity index is 272. The SMILES string of the molecule is CCCCCCCCCCCCS(=O)(=O)OCC.[H-].[Na+]. The van der Waals surface area contributed by atoms with E-state index >= 15 is 0 Å². The molecular weight excluding hydrogens is 271 g/mol. The van der Waals surface area contributed by atoms with Crippen LogP contribution in [0.15, 0.2) is 0 Å². The van der Waals surface area contributed by atoms with E-state index < -0.39 is 10.1 Å². The Labute approximate surface area is 143 Å². The van der Waals surface area contributed by atoms with Gasteiger partial charge in [0, 0.05) is 0 Å². The first kappa shape index (κ1) is 22.2. The average Bonchev–Trinajstić information content (AvgIpc) is 2.31. The van der Waals surface area contributed by atoms with E-state index in [1.165, 1.54) is 44.9 Å². The zero-order chi connectivity index (χ0) is 13.7. The standard InChI is InChI=1S/C14H30O3S.Na.H/c1-3-5-6-7-8-9-10-11-12-13-14-18(15,16)17-4-2;;/h3-14H2,1-2H3;;/q;+1;-1. The number of hydrogen-bond acceptors (Lipinski definition) is 3. The van der Waals surface area contributed by atoms with E-state index in [0.717, 1.165) is 19.3 Å². The van der Waals surface area contributed by atoms with Crippen molar-refractivity contribution in [3.8, 4) is 0 Å². The summed E-state index contributed by atoms with van der Waals surface area (Å²) < 4.78 is 27.2. The van der Waals surface area contributed by atoms with Gasteiger partial charge in [0.1, 0.15) is 0 Å². The molecule has 0 N–H and O–H groups in total. The van der Waals surface area contributed by atoms with Crippen LogP contribution in [0.2, 0.25) is 0 Å². The molecular formula is C14H31NaO3S. The molecule has 0 saturated heterocycles. The van der Waals surface area contributed by atoms with Crippen LogP contribution in [0.1, 0.15) is 79.5 Å². The van der Waals surface area contributed by atoms with Crippen LogP contribution >= 0.6 is 0 Å². The average molecular weight is 302 g/mol. The predicted molar refractivity (Wildman–Crippen MR) is 78.4 cm³/mol. The van der Waals surface area contributed by atoms with Crippen molar-refractivity contribution in [1.82, 2.24) is 0 Å². The van der Waals surface area contributed by atoms with Crippen LogP contribution in [0, 0.1) is 0 Å². The molecule has 5 heteroatoms. The van der Waals surface area contributed by atoms with Gasteiger partial charge in [-0.05, 0) is 13.3 Å². The first-order valence-electron chi connectivity index (χ1n) is 7.49. The third-order valence-corrected chi connectivity index (χ3v) is 4.43. The van der Waals surface area contributed by atoms with E-state index in [2.05, 4.69) is 11.1 Å². The third-order valence-electron chi connectivity index (χ3n) is 3.05. The molecule has 0 heterocycles. The molecule has 0 atom stereocenters. The van der Waals surface area contributed by atoms with Crippen LogP contribution in [0.4, 0.5) is 0 Å². The molecule has 0 spiro atoms. The van der Waals surface area contributed by atoms with Gasteiger partial charge >= 0.3 is 29.6 Å². The van der Waals surface area contributed by atoms with Crippen molar-refractivity contribution in [3.05, 3.63) is 0 Å². The largest absolute Gasteiger partial charge is 1.00 e. The van der Waals surface area contributed by atoms with Gasteiger partial charge in [-0.3, -0.25) is 4.18 Å². The molecule has 0 amide bonds. The predicted octanol–water partition coefficient (Wildman–Crippen LogP) is 1.39. The summed E-state index contributed by atoms with van der Waals surface area (Å²) in [6, 6.07) is 0. The fourth-order valence-corrected chi connectivity index (χ4v) is 3.04. The monoisotopic (exact) mass is 302 g/mol. The molecule has 0 rings (SSSR count). The van der Waals surface area contributed by atoms with Crippen molar-refractivity contribution >= 4 is 10.1 Å². The van der Waals surface area contributed by atoms with Crippen molar-refractivity contribution in [2.45, 2.75) is 78.1 Å². The van der Waals surface area contributed by atoms with Gasteiger partial charge in [-0.2, -0.15) is 8.42 Å². The van der Waals surface area contributed by atoms with Crippen molar-refractivity contribution in [2.24, 2.45) is 0 Å². The Morgan fingerprint density at radius 2 is 1.21 bits per heavy atom. The van der Waals surface area contributed by atoms with Crippen molar-refractivity contribution in [2.75, 3.05) is 12.4 Å². The van der Waals surface area contributed by atoms with Crippen LogP contribution in [0.5, 0.6) is 0 Å². The Balaban J connectivity index is -0.00000144. The van der Waals surface area contributed by atoms with Crippen LogP contribution in [-0.2, 0) is 14.3 Å². The van der Waals surface area contributed by atoms with Crippen molar-refractivity contribution in [3.63, 3.8) is 0 Å². The summed E-state index contributed by atoms with van der Waals surface area (Å²) in [4.78, 5) is 0. The van der Waals surface area contributed by atoms with E-state index in [1.807, 2.05) is 0 Å². The van der Waals surface area contributed by atoms with E-state index in [0.29, 0.717) is 0 Å². The summed E-state index contributed by atoms with van der Waals surface area (Å²) in [7, 11) is -3.24. The molecule has 0 aliphatic heterocycles. The topological polar surface area (TPSA) is 43.4 Å². The molecule has 0 aromatic rings. The minimum Gasteiger partial charge on any atom is -1.00 e.